The topological polar surface area (TPSA) is 73.6 Å². The fraction of sp³-hybridized carbons (Fsp3) is 0.353. The monoisotopic (exact) mass is 327 g/mol. The van der Waals surface area contributed by atoms with E-state index in [4.69, 9.17) is 16.9 Å². The lowest BCUT2D eigenvalue weighted by molar-refractivity contribution is 1.09. The Labute approximate surface area is 141 Å². The van der Waals surface area contributed by atoms with Crippen LogP contribution in [-0.4, -0.2) is 23.1 Å². The number of anilines is 2. The van der Waals surface area contributed by atoms with Gasteiger partial charge < -0.3 is 10.6 Å². The van der Waals surface area contributed by atoms with Gasteiger partial charge in [0.1, 0.15) is 0 Å². The van der Waals surface area contributed by atoms with E-state index in [0.29, 0.717) is 35.1 Å². The van der Waals surface area contributed by atoms with E-state index >= 15 is 0 Å². The van der Waals surface area contributed by atoms with Gasteiger partial charge in [0.15, 0.2) is 11.6 Å². The van der Waals surface area contributed by atoms with Crippen LogP contribution in [0, 0.1) is 23.2 Å². The molecule has 0 aliphatic rings. The van der Waals surface area contributed by atoms with Gasteiger partial charge in [-0.1, -0.05) is 23.4 Å². The molecular weight excluding hydrogens is 310 g/mol. The molecule has 0 fully saturated rings. The van der Waals surface area contributed by atoms with Crippen LogP contribution in [0.4, 0.5) is 11.6 Å². The molecule has 2 N–H and O–H groups in total. The maximum atomic E-state index is 8.54. The third kappa shape index (κ3) is 4.25. The fourth-order valence-corrected chi connectivity index (χ4v) is 2.24. The second-order valence-electron chi connectivity index (χ2n) is 4.76. The van der Waals surface area contributed by atoms with Crippen molar-refractivity contribution in [3.05, 3.63) is 22.7 Å². The van der Waals surface area contributed by atoms with Gasteiger partial charge in [-0.2, -0.15) is 5.26 Å². The molecule has 0 amide bonds. The zero-order chi connectivity index (χ0) is 16.7. The van der Waals surface area contributed by atoms with E-state index in [1.165, 1.54) is 0 Å². The Balaban J connectivity index is 2.46. The Hall–Kier alpha value is -2.50. The number of nitrogens with one attached hydrogen (secondary N) is 2. The lowest BCUT2D eigenvalue weighted by atomic mass is 10.2. The molecular formula is C17H18ClN5. The molecule has 2 rings (SSSR count). The van der Waals surface area contributed by atoms with E-state index in [0.717, 1.165) is 24.1 Å². The van der Waals surface area contributed by atoms with Crippen molar-refractivity contribution in [2.75, 3.05) is 23.7 Å². The number of unbranched alkanes of at least 4 members (excludes halogenated alkanes) is 1. The molecule has 0 atom stereocenters. The first-order valence-electron chi connectivity index (χ1n) is 7.54. The molecule has 118 valence electrons. The van der Waals surface area contributed by atoms with Crippen molar-refractivity contribution >= 4 is 34.3 Å². The average molecular weight is 328 g/mol. The maximum absolute atomic E-state index is 8.54. The standard InChI is InChI=1S/C17H18ClN5/c1-3-20-16-17(21-4-2)23-15-11-13(18)12(10-14(15)22-16)8-6-5-7-9-19/h10-11H,3-5,7H2,1-2H3,(H,20,22)(H,21,23). The maximum Gasteiger partial charge on any atom is 0.169 e. The summed E-state index contributed by atoms with van der Waals surface area (Å²) in [5.41, 5.74) is 2.15. The lowest BCUT2D eigenvalue weighted by Gasteiger charge is -2.11. The molecule has 23 heavy (non-hydrogen) atoms. The molecule has 0 radical (unpaired) electrons. The molecule has 0 bridgehead atoms. The van der Waals surface area contributed by atoms with Gasteiger partial charge in [0.25, 0.3) is 0 Å². The van der Waals surface area contributed by atoms with E-state index in [-0.39, 0.29) is 0 Å². The Kier molecular flexibility index (Phi) is 6.02. The van der Waals surface area contributed by atoms with Crippen LogP contribution in [0.5, 0.6) is 0 Å². The van der Waals surface area contributed by atoms with E-state index in [1.54, 1.807) is 6.07 Å². The smallest absolute Gasteiger partial charge is 0.169 e. The molecule has 1 aromatic heterocycles. The minimum Gasteiger partial charge on any atom is -0.367 e. The molecule has 1 heterocycles. The van der Waals surface area contributed by atoms with Gasteiger partial charge in [-0.05, 0) is 26.0 Å². The van der Waals surface area contributed by atoms with Gasteiger partial charge in [0.2, 0.25) is 0 Å². The number of nitriles is 1. The molecule has 0 unspecified atom stereocenters. The van der Waals surface area contributed by atoms with E-state index < -0.39 is 0 Å². The van der Waals surface area contributed by atoms with Crippen molar-refractivity contribution in [2.45, 2.75) is 26.7 Å². The predicted molar refractivity (Wildman–Crippen MR) is 94.6 cm³/mol. The van der Waals surface area contributed by atoms with Crippen molar-refractivity contribution in [3.63, 3.8) is 0 Å². The molecule has 5 nitrogen and oxygen atoms in total. The zero-order valence-corrected chi connectivity index (χ0v) is 14.0. The van der Waals surface area contributed by atoms with Gasteiger partial charge in [-0.3, -0.25) is 0 Å². The Morgan fingerprint density at radius 1 is 1.04 bits per heavy atom. The highest BCUT2D eigenvalue weighted by Gasteiger charge is 2.10. The van der Waals surface area contributed by atoms with Crippen molar-refractivity contribution in [2.24, 2.45) is 0 Å². The number of hydrogen-bond acceptors (Lipinski definition) is 5. The Bertz CT molecular complexity index is 798. The normalized spacial score (nSPS) is 9.83. The molecule has 0 aliphatic heterocycles. The third-order valence-electron chi connectivity index (χ3n) is 3.03. The highest BCUT2D eigenvalue weighted by atomic mass is 35.5. The second-order valence-corrected chi connectivity index (χ2v) is 5.17. The summed E-state index contributed by atoms with van der Waals surface area (Å²) in [5, 5.41) is 15.5. The molecule has 2 aromatic rings. The molecule has 0 saturated carbocycles. The first-order valence-corrected chi connectivity index (χ1v) is 7.92. The van der Waals surface area contributed by atoms with Crippen molar-refractivity contribution < 1.29 is 0 Å². The first-order chi connectivity index (χ1) is 11.2. The van der Waals surface area contributed by atoms with Crippen LogP contribution >= 0.6 is 11.6 Å². The highest BCUT2D eigenvalue weighted by Crippen LogP contribution is 2.26. The fourth-order valence-electron chi connectivity index (χ4n) is 2.03. The van der Waals surface area contributed by atoms with Gasteiger partial charge in [0, 0.05) is 31.5 Å². The number of rotatable bonds is 5. The van der Waals surface area contributed by atoms with Crippen LogP contribution in [0.15, 0.2) is 12.1 Å². The van der Waals surface area contributed by atoms with E-state index in [1.807, 2.05) is 19.9 Å². The van der Waals surface area contributed by atoms with Crippen LogP contribution in [-0.2, 0) is 0 Å². The van der Waals surface area contributed by atoms with Crippen molar-refractivity contribution in [1.29, 1.82) is 5.26 Å². The Morgan fingerprint density at radius 3 is 2.22 bits per heavy atom. The first kappa shape index (κ1) is 16.9. The summed E-state index contributed by atoms with van der Waals surface area (Å²) in [6.45, 7) is 5.53. The van der Waals surface area contributed by atoms with Gasteiger partial charge in [-0.25, -0.2) is 9.97 Å². The van der Waals surface area contributed by atoms with Gasteiger partial charge >= 0.3 is 0 Å². The largest absolute Gasteiger partial charge is 0.367 e. The van der Waals surface area contributed by atoms with Gasteiger partial charge in [-0.15, -0.1) is 0 Å². The van der Waals surface area contributed by atoms with Crippen LogP contribution in [0.2, 0.25) is 5.02 Å². The second kappa shape index (κ2) is 8.22. The number of hydrogen-bond donors (Lipinski definition) is 2. The summed E-state index contributed by atoms with van der Waals surface area (Å²) in [5.74, 6) is 7.37. The SMILES string of the molecule is CCNc1nc2cc(Cl)c(C#CCCC#N)cc2nc1NCC. The molecule has 6 heteroatoms. The average Bonchev–Trinajstić information content (AvgIpc) is 2.53. The van der Waals surface area contributed by atoms with Crippen molar-refractivity contribution in [3.8, 4) is 17.9 Å². The summed E-state index contributed by atoms with van der Waals surface area (Å²) < 4.78 is 0. The summed E-state index contributed by atoms with van der Waals surface area (Å²) >= 11 is 6.28. The van der Waals surface area contributed by atoms with Gasteiger partial charge in [0.05, 0.1) is 22.1 Å². The number of fused-ring (bicyclic) bond motifs is 1. The molecule has 1 aromatic carbocycles. The van der Waals surface area contributed by atoms with Crippen molar-refractivity contribution in [1.82, 2.24) is 9.97 Å². The highest BCUT2D eigenvalue weighted by molar-refractivity contribution is 6.32. The van der Waals surface area contributed by atoms with Crippen LogP contribution < -0.4 is 10.6 Å². The number of nitrogens with zero attached hydrogens (tertiary/aromatic N) is 3. The minimum absolute atomic E-state index is 0.411. The van der Waals surface area contributed by atoms with E-state index in [9.17, 15) is 0 Å². The lowest BCUT2D eigenvalue weighted by Crippen LogP contribution is -2.08. The predicted octanol–water partition coefficient (Wildman–Crippen LogP) is 3.80. The quantitative estimate of drug-likeness (QED) is 0.645. The molecule has 0 saturated heterocycles. The van der Waals surface area contributed by atoms with Crippen LogP contribution in [0.1, 0.15) is 32.3 Å². The number of halogens is 1. The summed E-state index contributed by atoms with van der Waals surface area (Å²) in [6.07, 6.45) is 0.938. The Morgan fingerprint density at radius 2 is 1.65 bits per heavy atom. The van der Waals surface area contributed by atoms with E-state index in [2.05, 4.69) is 38.5 Å². The summed E-state index contributed by atoms with van der Waals surface area (Å²) in [6, 6.07) is 5.67. The molecule has 0 aliphatic carbocycles. The number of benzene rings is 1. The van der Waals surface area contributed by atoms with Crippen LogP contribution in [0.3, 0.4) is 0 Å². The third-order valence-corrected chi connectivity index (χ3v) is 3.34. The minimum atomic E-state index is 0.411. The van der Waals surface area contributed by atoms with Crippen LogP contribution in [0.25, 0.3) is 11.0 Å². The summed E-state index contributed by atoms with van der Waals surface area (Å²) in [4.78, 5) is 9.20. The molecule has 0 spiro atoms. The number of aromatic nitrogens is 2. The summed E-state index contributed by atoms with van der Waals surface area (Å²) in [7, 11) is 0. The zero-order valence-electron chi connectivity index (χ0n) is 13.2.